The second-order valence-corrected chi connectivity index (χ2v) is 6.08. The van der Waals surface area contributed by atoms with Crippen LogP contribution in [0.4, 0.5) is 0 Å². The van der Waals surface area contributed by atoms with Gasteiger partial charge in [-0.2, -0.15) is 0 Å². The summed E-state index contributed by atoms with van der Waals surface area (Å²) in [5.41, 5.74) is 2.42. The second-order valence-electron chi connectivity index (χ2n) is 5.37. The zero-order valence-electron chi connectivity index (χ0n) is 9.87. The number of rotatable bonds is 2. The standard InChI is InChI=1S/C13H14Cl2N2/c1-13(2)6-11(13)17-10-5-8(15)3-4-9(10)16-12(17)7-14/h3-5,11H,6-7H2,1-2H3. The van der Waals surface area contributed by atoms with Crippen LogP contribution in [0, 0.1) is 5.41 Å². The molecule has 0 spiro atoms. The summed E-state index contributed by atoms with van der Waals surface area (Å²) in [6.45, 7) is 4.54. The molecule has 4 heteroatoms. The summed E-state index contributed by atoms with van der Waals surface area (Å²) in [7, 11) is 0. The topological polar surface area (TPSA) is 17.8 Å². The van der Waals surface area contributed by atoms with Gasteiger partial charge in [-0.3, -0.25) is 0 Å². The van der Waals surface area contributed by atoms with Crippen molar-refractivity contribution in [3.63, 3.8) is 0 Å². The van der Waals surface area contributed by atoms with Gasteiger partial charge in [0.15, 0.2) is 0 Å². The summed E-state index contributed by atoms with van der Waals surface area (Å²) in [6, 6.07) is 6.31. The van der Waals surface area contributed by atoms with Crippen molar-refractivity contribution in [3.8, 4) is 0 Å². The summed E-state index contributed by atoms with van der Waals surface area (Å²) in [6.07, 6.45) is 1.18. The monoisotopic (exact) mass is 268 g/mol. The van der Waals surface area contributed by atoms with Crippen LogP contribution < -0.4 is 0 Å². The normalized spacial score (nSPS) is 22.0. The van der Waals surface area contributed by atoms with Crippen LogP contribution in [0.2, 0.25) is 5.02 Å². The average molecular weight is 269 g/mol. The lowest BCUT2D eigenvalue weighted by atomic mass is 10.2. The van der Waals surface area contributed by atoms with E-state index in [2.05, 4.69) is 23.4 Å². The summed E-state index contributed by atoms with van der Waals surface area (Å²) in [4.78, 5) is 4.57. The Bertz CT molecular complexity index is 586. The van der Waals surface area contributed by atoms with Crippen molar-refractivity contribution < 1.29 is 0 Å². The Balaban J connectivity index is 2.23. The van der Waals surface area contributed by atoms with Crippen molar-refractivity contribution in [2.24, 2.45) is 5.41 Å². The predicted molar refractivity (Wildman–Crippen MR) is 71.7 cm³/mol. The van der Waals surface area contributed by atoms with Gasteiger partial charge in [0.05, 0.1) is 16.9 Å². The van der Waals surface area contributed by atoms with Gasteiger partial charge in [0.1, 0.15) is 5.82 Å². The molecule has 1 unspecified atom stereocenters. The third-order valence-corrected chi connectivity index (χ3v) is 4.09. The highest BCUT2D eigenvalue weighted by Crippen LogP contribution is 2.56. The van der Waals surface area contributed by atoms with E-state index >= 15 is 0 Å². The van der Waals surface area contributed by atoms with Gasteiger partial charge in [0, 0.05) is 11.1 Å². The first-order valence-corrected chi connectivity index (χ1v) is 6.66. The van der Waals surface area contributed by atoms with Crippen LogP contribution in [-0.2, 0) is 5.88 Å². The molecule has 1 fully saturated rings. The molecule has 17 heavy (non-hydrogen) atoms. The number of nitrogens with zero attached hydrogens (tertiary/aromatic N) is 2. The van der Waals surface area contributed by atoms with E-state index in [9.17, 15) is 0 Å². The largest absolute Gasteiger partial charge is 0.323 e. The molecule has 90 valence electrons. The second kappa shape index (κ2) is 3.63. The summed E-state index contributed by atoms with van der Waals surface area (Å²) >= 11 is 12.1. The number of benzene rings is 1. The number of hydrogen-bond acceptors (Lipinski definition) is 1. The van der Waals surface area contributed by atoms with Crippen LogP contribution in [0.15, 0.2) is 18.2 Å². The number of halogens is 2. The fraction of sp³-hybridized carbons (Fsp3) is 0.462. The molecule has 1 heterocycles. The highest BCUT2D eigenvalue weighted by molar-refractivity contribution is 6.31. The number of hydrogen-bond donors (Lipinski definition) is 0. The zero-order valence-corrected chi connectivity index (χ0v) is 11.4. The predicted octanol–water partition coefficient (Wildman–Crippen LogP) is 4.40. The lowest BCUT2D eigenvalue weighted by Gasteiger charge is -2.09. The molecule has 2 aromatic rings. The van der Waals surface area contributed by atoms with Crippen molar-refractivity contribution in [2.75, 3.05) is 0 Å². The molecular weight excluding hydrogens is 255 g/mol. The van der Waals surface area contributed by atoms with E-state index in [1.165, 1.54) is 6.42 Å². The Kier molecular flexibility index (Phi) is 2.43. The van der Waals surface area contributed by atoms with Crippen LogP contribution in [-0.4, -0.2) is 9.55 Å². The van der Waals surface area contributed by atoms with Crippen LogP contribution in [0.3, 0.4) is 0 Å². The van der Waals surface area contributed by atoms with E-state index in [0.29, 0.717) is 17.3 Å². The van der Waals surface area contributed by atoms with Gasteiger partial charge in [0.25, 0.3) is 0 Å². The highest BCUT2D eigenvalue weighted by atomic mass is 35.5. The van der Waals surface area contributed by atoms with E-state index < -0.39 is 0 Å². The molecule has 1 aliphatic rings. The van der Waals surface area contributed by atoms with Gasteiger partial charge in [-0.15, -0.1) is 11.6 Å². The molecule has 0 saturated heterocycles. The molecule has 2 nitrogen and oxygen atoms in total. The molecule has 1 aliphatic carbocycles. The Labute approximate surface area is 111 Å². The van der Waals surface area contributed by atoms with Gasteiger partial charge < -0.3 is 4.57 Å². The van der Waals surface area contributed by atoms with Gasteiger partial charge in [-0.05, 0) is 30.0 Å². The van der Waals surface area contributed by atoms with Crippen LogP contribution in [0.1, 0.15) is 32.1 Å². The van der Waals surface area contributed by atoms with Crippen molar-refractivity contribution in [2.45, 2.75) is 32.2 Å². The minimum Gasteiger partial charge on any atom is -0.323 e. The Morgan fingerprint density at radius 2 is 2.18 bits per heavy atom. The fourth-order valence-corrected chi connectivity index (χ4v) is 2.79. The molecule has 1 aromatic carbocycles. The Morgan fingerprint density at radius 1 is 1.47 bits per heavy atom. The first kappa shape index (κ1) is 11.4. The number of fused-ring (bicyclic) bond motifs is 1. The van der Waals surface area contributed by atoms with Crippen LogP contribution >= 0.6 is 23.2 Å². The van der Waals surface area contributed by atoms with Gasteiger partial charge >= 0.3 is 0 Å². The smallest absolute Gasteiger partial charge is 0.125 e. The molecule has 0 radical (unpaired) electrons. The summed E-state index contributed by atoms with van der Waals surface area (Å²) < 4.78 is 2.26. The minimum atomic E-state index is 0.344. The lowest BCUT2D eigenvalue weighted by Crippen LogP contribution is -2.04. The molecule has 1 atom stereocenters. The lowest BCUT2D eigenvalue weighted by molar-refractivity contribution is 0.540. The van der Waals surface area contributed by atoms with Crippen molar-refractivity contribution in [1.82, 2.24) is 9.55 Å². The molecule has 0 N–H and O–H groups in total. The molecular formula is C13H14Cl2N2. The van der Waals surface area contributed by atoms with Gasteiger partial charge in [-0.1, -0.05) is 25.4 Å². The zero-order chi connectivity index (χ0) is 12.2. The SMILES string of the molecule is CC1(C)CC1n1c(CCl)nc2ccc(Cl)cc21. The van der Waals surface area contributed by atoms with E-state index in [0.717, 1.165) is 21.9 Å². The van der Waals surface area contributed by atoms with Crippen LogP contribution in [0.25, 0.3) is 11.0 Å². The van der Waals surface area contributed by atoms with E-state index in [-0.39, 0.29) is 0 Å². The minimum absolute atomic E-state index is 0.344. The first-order chi connectivity index (χ1) is 8.03. The van der Waals surface area contributed by atoms with Gasteiger partial charge in [0.2, 0.25) is 0 Å². The molecule has 1 saturated carbocycles. The maximum absolute atomic E-state index is 6.07. The van der Waals surface area contributed by atoms with Crippen molar-refractivity contribution in [1.29, 1.82) is 0 Å². The average Bonchev–Trinajstić information content (AvgIpc) is 2.75. The number of imidazole rings is 1. The van der Waals surface area contributed by atoms with Crippen LogP contribution in [0.5, 0.6) is 0 Å². The molecule has 1 aromatic heterocycles. The first-order valence-electron chi connectivity index (χ1n) is 5.75. The van der Waals surface area contributed by atoms with Gasteiger partial charge in [-0.25, -0.2) is 4.98 Å². The highest BCUT2D eigenvalue weighted by Gasteiger charge is 2.48. The fourth-order valence-electron chi connectivity index (χ4n) is 2.44. The molecule has 0 amide bonds. The number of aromatic nitrogens is 2. The van der Waals surface area contributed by atoms with Crippen molar-refractivity contribution >= 4 is 34.2 Å². The number of alkyl halides is 1. The van der Waals surface area contributed by atoms with Crippen molar-refractivity contribution in [3.05, 3.63) is 29.0 Å². The van der Waals surface area contributed by atoms with E-state index in [1.807, 2.05) is 18.2 Å². The summed E-state index contributed by atoms with van der Waals surface area (Å²) in [5.74, 6) is 1.39. The molecule has 0 aliphatic heterocycles. The van der Waals surface area contributed by atoms with E-state index in [1.54, 1.807) is 0 Å². The Morgan fingerprint density at radius 3 is 2.76 bits per heavy atom. The third-order valence-electron chi connectivity index (χ3n) is 3.62. The maximum Gasteiger partial charge on any atom is 0.125 e. The maximum atomic E-state index is 6.07. The molecule has 3 rings (SSSR count). The Hall–Kier alpha value is -0.730. The summed E-state index contributed by atoms with van der Waals surface area (Å²) in [5, 5.41) is 0.748. The quantitative estimate of drug-likeness (QED) is 0.739. The molecule has 0 bridgehead atoms. The van der Waals surface area contributed by atoms with E-state index in [4.69, 9.17) is 23.2 Å². The third kappa shape index (κ3) is 1.74.